The molecule has 2 aliphatic rings. The second-order valence-electron chi connectivity index (χ2n) is 5.91. The summed E-state index contributed by atoms with van der Waals surface area (Å²) in [5.74, 6) is 2.06. The number of hydrogen-bond donors (Lipinski definition) is 1. The molecule has 1 aromatic rings. The van der Waals surface area contributed by atoms with Crippen molar-refractivity contribution in [3.8, 4) is 0 Å². The van der Waals surface area contributed by atoms with E-state index >= 15 is 0 Å². The van der Waals surface area contributed by atoms with Crippen LogP contribution in [-0.4, -0.2) is 30.5 Å². The first-order valence-corrected chi connectivity index (χ1v) is 7.97. The van der Waals surface area contributed by atoms with Crippen LogP contribution in [-0.2, 0) is 13.0 Å². The van der Waals surface area contributed by atoms with Crippen LogP contribution >= 0.6 is 0 Å². The summed E-state index contributed by atoms with van der Waals surface area (Å²) in [5.41, 5.74) is 2.95. The van der Waals surface area contributed by atoms with Crippen LogP contribution in [0.2, 0.25) is 0 Å². The minimum Gasteiger partial charge on any atom is -0.357 e. The van der Waals surface area contributed by atoms with E-state index < -0.39 is 0 Å². The molecule has 1 aliphatic heterocycles. The Kier molecular flexibility index (Phi) is 4.24. The molecule has 0 amide bonds. The van der Waals surface area contributed by atoms with E-state index in [-0.39, 0.29) is 0 Å². The Balaban J connectivity index is 1.65. The minimum absolute atomic E-state index is 0.945. The number of nitrogens with zero attached hydrogens (tertiary/aromatic N) is 2. The average molecular weight is 271 g/mol. The Morgan fingerprint density at radius 1 is 1.30 bits per heavy atom. The summed E-state index contributed by atoms with van der Waals surface area (Å²) in [6.45, 7) is 6.14. The maximum absolute atomic E-state index is 4.82. The maximum atomic E-state index is 4.82. The molecule has 3 rings (SSSR count). The van der Waals surface area contributed by atoms with Crippen molar-refractivity contribution in [3.05, 3.63) is 35.4 Å². The summed E-state index contributed by atoms with van der Waals surface area (Å²) < 4.78 is 0. The lowest BCUT2D eigenvalue weighted by atomic mass is 10.0. The van der Waals surface area contributed by atoms with Gasteiger partial charge in [-0.15, -0.1) is 0 Å². The molecule has 3 nitrogen and oxygen atoms in total. The minimum atomic E-state index is 0.945. The lowest BCUT2D eigenvalue weighted by molar-refractivity contribution is 0.378. The highest BCUT2D eigenvalue weighted by Crippen LogP contribution is 2.32. The summed E-state index contributed by atoms with van der Waals surface area (Å²) in [6, 6.07) is 8.78. The molecule has 0 bridgehead atoms. The Labute approximate surface area is 122 Å². The van der Waals surface area contributed by atoms with Crippen LogP contribution in [0.4, 0.5) is 0 Å². The Morgan fingerprint density at radius 2 is 2.10 bits per heavy atom. The Bertz CT molecular complexity index is 477. The quantitative estimate of drug-likeness (QED) is 0.673. The maximum Gasteiger partial charge on any atom is 0.194 e. The third kappa shape index (κ3) is 3.33. The van der Waals surface area contributed by atoms with Crippen molar-refractivity contribution in [2.75, 3.05) is 19.6 Å². The van der Waals surface area contributed by atoms with E-state index in [0.29, 0.717) is 0 Å². The van der Waals surface area contributed by atoms with Gasteiger partial charge >= 0.3 is 0 Å². The molecule has 0 radical (unpaired) electrons. The first-order chi connectivity index (χ1) is 9.86. The van der Waals surface area contributed by atoms with Crippen molar-refractivity contribution < 1.29 is 0 Å². The fourth-order valence-corrected chi connectivity index (χ4v) is 2.86. The normalized spacial score (nSPS) is 18.9. The van der Waals surface area contributed by atoms with Gasteiger partial charge in [0.1, 0.15) is 0 Å². The molecule has 108 valence electrons. The standard InChI is InChI=1S/C17H25N3/c1-2-18-17(19-11-9-14-7-8-14)20-12-10-15-5-3-4-6-16(15)13-20/h3-6,14H,2,7-13H2,1H3,(H,18,19). The van der Waals surface area contributed by atoms with Crippen molar-refractivity contribution >= 4 is 5.96 Å². The Morgan fingerprint density at radius 3 is 2.85 bits per heavy atom. The van der Waals surface area contributed by atoms with E-state index in [0.717, 1.165) is 44.5 Å². The first kappa shape index (κ1) is 13.5. The third-order valence-corrected chi connectivity index (χ3v) is 4.26. The molecule has 3 heteroatoms. The van der Waals surface area contributed by atoms with Gasteiger partial charge in [0.05, 0.1) is 0 Å². The van der Waals surface area contributed by atoms with Gasteiger partial charge in [0.2, 0.25) is 0 Å². The van der Waals surface area contributed by atoms with Gasteiger partial charge in [0.25, 0.3) is 0 Å². The number of guanidine groups is 1. The van der Waals surface area contributed by atoms with Crippen molar-refractivity contribution in [3.63, 3.8) is 0 Å². The second kappa shape index (κ2) is 6.29. The van der Waals surface area contributed by atoms with Crippen molar-refractivity contribution in [1.82, 2.24) is 10.2 Å². The molecule has 1 saturated carbocycles. The zero-order valence-electron chi connectivity index (χ0n) is 12.4. The summed E-state index contributed by atoms with van der Waals surface area (Å²) >= 11 is 0. The molecular formula is C17H25N3. The second-order valence-corrected chi connectivity index (χ2v) is 5.91. The molecule has 1 heterocycles. The van der Waals surface area contributed by atoms with E-state index in [1.54, 1.807) is 0 Å². The van der Waals surface area contributed by atoms with Crippen LogP contribution in [0, 0.1) is 5.92 Å². The van der Waals surface area contributed by atoms with E-state index in [1.165, 1.54) is 30.4 Å². The van der Waals surface area contributed by atoms with Gasteiger partial charge in [-0.05, 0) is 36.8 Å². The zero-order chi connectivity index (χ0) is 13.8. The van der Waals surface area contributed by atoms with Gasteiger partial charge in [-0.25, -0.2) is 0 Å². The highest BCUT2D eigenvalue weighted by molar-refractivity contribution is 5.80. The van der Waals surface area contributed by atoms with Crippen LogP contribution in [0.25, 0.3) is 0 Å². The van der Waals surface area contributed by atoms with Gasteiger partial charge in [-0.2, -0.15) is 0 Å². The summed E-state index contributed by atoms with van der Waals surface area (Å²) in [5, 5.41) is 3.45. The molecule has 0 atom stereocenters. The van der Waals surface area contributed by atoms with Crippen LogP contribution < -0.4 is 5.32 Å². The monoisotopic (exact) mass is 271 g/mol. The molecule has 0 aromatic heterocycles. The molecule has 20 heavy (non-hydrogen) atoms. The molecule has 0 unspecified atom stereocenters. The topological polar surface area (TPSA) is 27.6 Å². The lowest BCUT2D eigenvalue weighted by Crippen LogP contribution is -2.44. The molecule has 0 saturated heterocycles. The number of hydrogen-bond acceptors (Lipinski definition) is 1. The molecule has 1 N–H and O–H groups in total. The average Bonchev–Trinajstić information content (AvgIpc) is 3.30. The zero-order valence-corrected chi connectivity index (χ0v) is 12.4. The SMILES string of the molecule is CCNC(=NCCC1CC1)N1CCc2ccccc2C1. The lowest BCUT2D eigenvalue weighted by Gasteiger charge is -2.31. The van der Waals surface area contributed by atoms with E-state index in [9.17, 15) is 0 Å². The number of benzene rings is 1. The summed E-state index contributed by atoms with van der Waals surface area (Å²) in [6.07, 6.45) is 5.23. The number of rotatable bonds is 4. The molecule has 1 aromatic carbocycles. The number of fused-ring (bicyclic) bond motifs is 1. The predicted octanol–water partition coefficient (Wildman–Crippen LogP) is 2.81. The van der Waals surface area contributed by atoms with Gasteiger partial charge in [0, 0.05) is 26.2 Å². The predicted molar refractivity (Wildman–Crippen MR) is 83.9 cm³/mol. The highest BCUT2D eigenvalue weighted by atomic mass is 15.3. The van der Waals surface area contributed by atoms with Crippen LogP contribution in [0.15, 0.2) is 29.3 Å². The third-order valence-electron chi connectivity index (χ3n) is 4.26. The van der Waals surface area contributed by atoms with Gasteiger partial charge in [0.15, 0.2) is 5.96 Å². The van der Waals surface area contributed by atoms with Crippen LogP contribution in [0.3, 0.4) is 0 Å². The van der Waals surface area contributed by atoms with Crippen molar-refractivity contribution in [2.24, 2.45) is 10.9 Å². The van der Waals surface area contributed by atoms with Crippen molar-refractivity contribution in [2.45, 2.75) is 39.2 Å². The van der Waals surface area contributed by atoms with E-state index in [2.05, 4.69) is 41.4 Å². The van der Waals surface area contributed by atoms with Crippen LogP contribution in [0.5, 0.6) is 0 Å². The van der Waals surface area contributed by atoms with Gasteiger partial charge < -0.3 is 10.2 Å². The van der Waals surface area contributed by atoms with E-state index in [4.69, 9.17) is 4.99 Å². The molecular weight excluding hydrogens is 246 g/mol. The molecule has 0 spiro atoms. The smallest absolute Gasteiger partial charge is 0.194 e. The summed E-state index contributed by atoms with van der Waals surface area (Å²) in [4.78, 5) is 7.22. The van der Waals surface area contributed by atoms with Gasteiger partial charge in [-0.1, -0.05) is 37.1 Å². The van der Waals surface area contributed by atoms with Gasteiger partial charge in [-0.3, -0.25) is 4.99 Å². The van der Waals surface area contributed by atoms with Crippen LogP contribution in [0.1, 0.15) is 37.3 Å². The molecule has 1 aliphatic carbocycles. The molecule has 1 fully saturated rings. The number of aliphatic imine (C=N–C) groups is 1. The fraction of sp³-hybridized carbons (Fsp3) is 0.588. The fourth-order valence-electron chi connectivity index (χ4n) is 2.86. The largest absolute Gasteiger partial charge is 0.357 e. The van der Waals surface area contributed by atoms with E-state index in [1.807, 2.05) is 0 Å². The Hall–Kier alpha value is -1.51. The number of nitrogens with one attached hydrogen (secondary N) is 1. The first-order valence-electron chi connectivity index (χ1n) is 7.97. The van der Waals surface area contributed by atoms with Crippen molar-refractivity contribution in [1.29, 1.82) is 0 Å². The highest BCUT2D eigenvalue weighted by Gasteiger charge is 2.21. The summed E-state index contributed by atoms with van der Waals surface area (Å²) in [7, 11) is 0.